The van der Waals surface area contributed by atoms with E-state index in [-0.39, 0.29) is 0 Å². The highest BCUT2D eigenvalue weighted by molar-refractivity contribution is 6.31. The van der Waals surface area contributed by atoms with Gasteiger partial charge < -0.3 is 10.1 Å². The molecule has 0 aliphatic rings. The van der Waals surface area contributed by atoms with Gasteiger partial charge in [0.2, 0.25) is 0 Å². The maximum absolute atomic E-state index is 6.09. The minimum absolute atomic E-state index is 0.761. The molecule has 0 aliphatic heterocycles. The first-order valence-electron chi connectivity index (χ1n) is 5.86. The van der Waals surface area contributed by atoms with Crippen molar-refractivity contribution < 1.29 is 4.74 Å². The second-order valence-corrected chi connectivity index (χ2v) is 4.45. The maximum Gasteiger partial charge on any atom is 0.119 e. The molecule has 0 amide bonds. The smallest absolute Gasteiger partial charge is 0.119 e. The van der Waals surface area contributed by atoms with Gasteiger partial charge in [0.1, 0.15) is 5.75 Å². The second kappa shape index (κ2) is 6.43. The van der Waals surface area contributed by atoms with Crippen LogP contribution in [0.5, 0.6) is 5.75 Å². The molecule has 2 aromatic rings. The highest BCUT2D eigenvalue weighted by Gasteiger charge is 1.99. The van der Waals surface area contributed by atoms with Crippen LogP contribution in [-0.2, 0) is 13.1 Å². The average Bonchev–Trinajstić information content (AvgIpc) is 2.41. The lowest BCUT2D eigenvalue weighted by molar-refractivity contribution is 0.414. The number of rotatable bonds is 5. The van der Waals surface area contributed by atoms with E-state index in [9.17, 15) is 0 Å². The summed E-state index contributed by atoms with van der Waals surface area (Å²) in [5.41, 5.74) is 2.31. The molecule has 0 radical (unpaired) electrons. The Labute approximate surface area is 113 Å². The van der Waals surface area contributed by atoms with Crippen LogP contribution < -0.4 is 10.1 Å². The zero-order chi connectivity index (χ0) is 12.8. The number of benzene rings is 2. The third kappa shape index (κ3) is 3.49. The van der Waals surface area contributed by atoms with Crippen LogP contribution in [0, 0.1) is 0 Å². The topological polar surface area (TPSA) is 21.3 Å². The minimum atomic E-state index is 0.761. The molecule has 18 heavy (non-hydrogen) atoms. The van der Waals surface area contributed by atoms with Crippen molar-refractivity contribution in [2.24, 2.45) is 0 Å². The van der Waals surface area contributed by atoms with E-state index in [1.54, 1.807) is 7.11 Å². The van der Waals surface area contributed by atoms with Crippen LogP contribution in [0.15, 0.2) is 48.5 Å². The normalized spacial score (nSPS) is 10.3. The Hall–Kier alpha value is -1.51. The van der Waals surface area contributed by atoms with Gasteiger partial charge in [0, 0.05) is 18.1 Å². The van der Waals surface area contributed by atoms with E-state index in [0.717, 1.165) is 29.4 Å². The number of hydrogen-bond donors (Lipinski definition) is 1. The lowest BCUT2D eigenvalue weighted by Gasteiger charge is -2.08. The molecular weight excluding hydrogens is 246 g/mol. The maximum atomic E-state index is 6.09. The van der Waals surface area contributed by atoms with E-state index < -0.39 is 0 Å². The van der Waals surface area contributed by atoms with Gasteiger partial charge in [-0.05, 0) is 29.3 Å². The first kappa shape index (κ1) is 12.9. The van der Waals surface area contributed by atoms with E-state index >= 15 is 0 Å². The fourth-order valence-corrected chi connectivity index (χ4v) is 1.97. The van der Waals surface area contributed by atoms with Crippen molar-refractivity contribution in [3.63, 3.8) is 0 Å². The predicted molar refractivity (Wildman–Crippen MR) is 75.0 cm³/mol. The van der Waals surface area contributed by atoms with Gasteiger partial charge in [-0.15, -0.1) is 0 Å². The van der Waals surface area contributed by atoms with E-state index in [1.165, 1.54) is 5.56 Å². The van der Waals surface area contributed by atoms with E-state index in [4.69, 9.17) is 16.3 Å². The summed E-state index contributed by atoms with van der Waals surface area (Å²) in [6.45, 7) is 1.55. The molecule has 1 N–H and O–H groups in total. The van der Waals surface area contributed by atoms with Gasteiger partial charge in [0.15, 0.2) is 0 Å². The molecular formula is C15H16ClNO. The highest BCUT2D eigenvalue weighted by atomic mass is 35.5. The first-order chi connectivity index (χ1) is 8.79. The molecule has 94 valence electrons. The van der Waals surface area contributed by atoms with Crippen LogP contribution in [0.4, 0.5) is 0 Å². The monoisotopic (exact) mass is 261 g/mol. The summed E-state index contributed by atoms with van der Waals surface area (Å²) in [5, 5.41) is 4.17. The lowest BCUT2D eigenvalue weighted by Crippen LogP contribution is -2.12. The van der Waals surface area contributed by atoms with E-state index in [0.29, 0.717) is 0 Å². The van der Waals surface area contributed by atoms with Gasteiger partial charge in [-0.1, -0.05) is 41.9 Å². The zero-order valence-corrected chi connectivity index (χ0v) is 11.1. The van der Waals surface area contributed by atoms with Crippen molar-refractivity contribution in [3.05, 3.63) is 64.7 Å². The quantitative estimate of drug-likeness (QED) is 0.887. The molecule has 0 saturated carbocycles. The van der Waals surface area contributed by atoms with Crippen LogP contribution in [0.1, 0.15) is 11.1 Å². The standard InChI is InChI=1S/C15H16ClNO/c1-18-14-7-4-5-12(9-14)10-17-11-13-6-2-3-8-15(13)16/h2-9,17H,10-11H2,1H3. The first-order valence-corrected chi connectivity index (χ1v) is 6.24. The summed E-state index contributed by atoms with van der Waals surface area (Å²) in [6.07, 6.45) is 0. The zero-order valence-electron chi connectivity index (χ0n) is 10.3. The SMILES string of the molecule is COc1cccc(CNCc2ccccc2Cl)c1. The molecule has 0 spiro atoms. The van der Waals surface area contributed by atoms with Crippen molar-refractivity contribution in [1.82, 2.24) is 5.32 Å². The van der Waals surface area contributed by atoms with Crippen LogP contribution >= 0.6 is 11.6 Å². The highest BCUT2D eigenvalue weighted by Crippen LogP contribution is 2.15. The van der Waals surface area contributed by atoms with Crippen molar-refractivity contribution in [2.75, 3.05) is 7.11 Å². The molecule has 2 rings (SSSR count). The molecule has 0 saturated heterocycles. The van der Waals surface area contributed by atoms with Crippen LogP contribution in [0.25, 0.3) is 0 Å². The summed E-state index contributed by atoms with van der Waals surface area (Å²) < 4.78 is 5.19. The molecule has 0 aliphatic carbocycles. The number of ether oxygens (including phenoxy) is 1. The average molecular weight is 262 g/mol. The Bertz CT molecular complexity index is 513. The number of nitrogens with one attached hydrogen (secondary N) is 1. The minimum Gasteiger partial charge on any atom is -0.497 e. The van der Waals surface area contributed by atoms with Gasteiger partial charge in [0.25, 0.3) is 0 Å². The Balaban J connectivity index is 1.90. The van der Waals surface area contributed by atoms with Gasteiger partial charge >= 0.3 is 0 Å². The summed E-state index contributed by atoms with van der Waals surface area (Å²) in [5.74, 6) is 0.882. The summed E-state index contributed by atoms with van der Waals surface area (Å²) in [4.78, 5) is 0. The Morgan fingerprint density at radius 3 is 2.67 bits per heavy atom. The number of hydrogen-bond acceptors (Lipinski definition) is 2. The second-order valence-electron chi connectivity index (χ2n) is 4.05. The molecule has 3 heteroatoms. The van der Waals surface area contributed by atoms with Gasteiger partial charge in [-0.3, -0.25) is 0 Å². The third-order valence-corrected chi connectivity index (χ3v) is 3.11. The molecule has 0 bridgehead atoms. The molecule has 0 heterocycles. The molecule has 2 nitrogen and oxygen atoms in total. The van der Waals surface area contributed by atoms with Gasteiger partial charge in [-0.25, -0.2) is 0 Å². The molecule has 0 atom stereocenters. The molecule has 2 aromatic carbocycles. The fourth-order valence-electron chi connectivity index (χ4n) is 1.77. The van der Waals surface area contributed by atoms with Crippen molar-refractivity contribution in [3.8, 4) is 5.75 Å². The third-order valence-electron chi connectivity index (χ3n) is 2.74. The molecule has 0 fully saturated rings. The Morgan fingerprint density at radius 1 is 1.06 bits per heavy atom. The summed E-state index contributed by atoms with van der Waals surface area (Å²) in [6, 6.07) is 15.9. The Kier molecular flexibility index (Phi) is 4.62. The largest absolute Gasteiger partial charge is 0.497 e. The molecule has 0 aromatic heterocycles. The summed E-state index contributed by atoms with van der Waals surface area (Å²) >= 11 is 6.09. The number of halogens is 1. The fraction of sp³-hybridized carbons (Fsp3) is 0.200. The van der Waals surface area contributed by atoms with E-state index in [1.807, 2.05) is 42.5 Å². The van der Waals surface area contributed by atoms with Crippen LogP contribution in [0.2, 0.25) is 5.02 Å². The van der Waals surface area contributed by atoms with Crippen molar-refractivity contribution in [2.45, 2.75) is 13.1 Å². The summed E-state index contributed by atoms with van der Waals surface area (Å²) in [7, 11) is 1.68. The predicted octanol–water partition coefficient (Wildman–Crippen LogP) is 3.64. The van der Waals surface area contributed by atoms with Gasteiger partial charge in [-0.2, -0.15) is 0 Å². The lowest BCUT2D eigenvalue weighted by atomic mass is 10.2. The van der Waals surface area contributed by atoms with Crippen LogP contribution in [-0.4, -0.2) is 7.11 Å². The van der Waals surface area contributed by atoms with Crippen LogP contribution in [0.3, 0.4) is 0 Å². The van der Waals surface area contributed by atoms with Crippen molar-refractivity contribution >= 4 is 11.6 Å². The van der Waals surface area contributed by atoms with Gasteiger partial charge in [0.05, 0.1) is 7.11 Å². The van der Waals surface area contributed by atoms with E-state index in [2.05, 4.69) is 11.4 Å². The number of methoxy groups -OCH3 is 1. The Morgan fingerprint density at radius 2 is 1.89 bits per heavy atom. The molecule has 0 unspecified atom stereocenters. The van der Waals surface area contributed by atoms with Crippen molar-refractivity contribution in [1.29, 1.82) is 0 Å².